The minimum absolute atomic E-state index is 0. The minimum Gasteiger partial charge on any atom is -0.489 e. The maximum absolute atomic E-state index is 11.4. The van der Waals surface area contributed by atoms with Gasteiger partial charge in [-0.25, -0.2) is 4.79 Å². The largest absolute Gasteiger partial charge is 0.489 e. The van der Waals surface area contributed by atoms with Crippen LogP contribution in [0.15, 0.2) is 88.1 Å². The number of rotatable bonds is 7. The van der Waals surface area contributed by atoms with Crippen molar-refractivity contribution in [1.82, 2.24) is 4.90 Å². The van der Waals surface area contributed by atoms with Crippen LogP contribution in [-0.4, -0.2) is 11.9 Å². The number of benzene rings is 3. The smallest absolute Gasteiger partial charge is 0.336 e. The molecule has 0 aliphatic carbocycles. The van der Waals surface area contributed by atoms with Crippen molar-refractivity contribution in [1.29, 1.82) is 0 Å². The second-order valence-corrected chi connectivity index (χ2v) is 7.80. The summed E-state index contributed by atoms with van der Waals surface area (Å²) in [5.41, 5.74) is 3.66. The van der Waals surface area contributed by atoms with Crippen molar-refractivity contribution in [2.75, 3.05) is 7.05 Å². The molecule has 1 heterocycles. The molecule has 3 aromatic carbocycles. The van der Waals surface area contributed by atoms with Crippen LogP contribution in [0.5, 0.6) is 5.75 Å². The Kier molecular flexibility index (Phi) is 7.75. The third-order valence-electron chi connectivity index (χ3n) is 4.82. The third-order valence-corrected chi connectivity index (χ3v) is 5.05. The Balaban J connectivity index is 0.00000272. The molecule has 4 rings (SSSR count). The van der Waals surface area contributed by atoms with Crippen molar-refractivity contribution < 1.29 is 9.15 Å². The molecule has 0 atom stereocenters. The lowest BCUT2D eigenvalue weighted by atomic mass is 10.1. The Labute approximate surface area is 192 Å². The second kappa shape index (κ2) is 10.5. The van der Waals surface area contributed by atoms with Crippen LogP contribution in [0.25, 0.3) is 11.0 Å². The SMILES string of the molecule is CN(Cc1ccc(COc2ccc3ccc(=O)oc3c2)cc1)Cc1cccc(Cl)c1.Cl. The zero-order valence-corrected chi connectivity index (χ0v) is 18.7. The summed E-state index contributed by atoms with van der Waals surface area (Å²) in [6, 6.07) is 25.0. The highest BCUT2D eigenvalue weighted by Gasteiger charge is 2.04. The molecular formula is C25H23Cl2NO3. The highest BCUT2D eigenvalue weighted by Crippen LogP contribution is 2.21. The van der Waals surface area contributed by atoms with E-state index in [0.29, 0.717) is 17.9 Å². The summed E-state index contributed by atoms with van der Waals surface area (Å²) < 4.78 is 11.1. The molecule has 0 aliphatic rings. The van der Waals surface area contributed by atoms with Gasteiger partial charge in [0.25, 0.3) is 0 Å². The van der Waals surface area contributed by atoms with Crippen LogP contribution in [0, 0.1) is 0 Å². The molecule has 0 bridgehead atoms. The van der Waals surface area contributed by atoms with Crippen molar-refractivity contribution in [2.24, 2.45) is 0 Å². The summed E-state index contributed by atoms with van der Waals surface area (Å²) in [5, 5.41) is 1.63. The van der Waals surface area contributed by atoms with E-state index < -0.39 is 0 Å². The lowest BCUT2D eigenvalue weighted by Crippen LogP contribution is -2.17. The molecule has 0 N–H and O–H groups in total. The fourth-order valence-electron chi connectivity index (χ4n) is 3.35. The molecular weight excluding hydrogens is 433 g/mol. The Morgan fingerprint density at radius 2 is 1.58 bits per heavy atom. The molecule has 0 aliphatic heterocycles. The summed E-state index contributed by atoms with van der Waals surface area (Å²) in [6.07, 6.45) is 0. The predicted molar refractivity (Wildman–Crippen MR) is 127 cm³/mol. The van der Waals surface area contributed by atoms with E-state index in [-0.39, 0.29) is 18.0 Å². The van der Waals surface area contributed by atoms with E-state index >= 15 is 0 Å². The van der Waals surface area contributed by atoms with Gasteiger partial charge < -0.3 is 9.15 Å². The summed E-state index contributed by atoms with van der Waals surface area (Å²) in [5.74, 6) is 0.669. The van der Waals surface area contributed by atoms with Gasteiger partial charge in [-0.2, -0.15) is 0 Å². The second-order valence-electron chi connectivity index (χ2n) is 7.36. The lowest BCUT2D eigenvalue weighted by molar-refractivity contribution is 0.305. The van der Waals surface area contributed by atoms with Gasteiger partial charge in [-0.1, -0.05) is 48.0 Å². The van der Waals surface area contributed by atoms with E-state index in [9.17, 15) is 4.79 Å². The average molecular weight is 456 g/mol. The van der Waals surface area contributed by atoms with Gasteiger partial charge in [-0.3, -0.25) is 4.90 Å². The first-order valence-corrected chi connectivity index (χ1v) is 10.1. The number of hydrogen-bond acceptors (Lipinski definition) is 4. The molecule has 0 saturated heterocycles. The molecule has 0 unspecified atom stereocenters. The van der Waals surface area contributed by atoms with E-state index in [2.05, 4.69) is 42.3 Å². The zero-order valence-electron chi connectivity index (χ0n) is 17.1. The fraction of sp³-hybridized carbons (Fsp3) is 0.160. The highest BCUT2D eigenvalue weighted by molar-refractivity contribution is 6.30. The molecule has 0 amide bonds. The Morgan fingerprint density at radius 3 is 2.35 bits per heavy atom. The van der Waals surface area contributed by atoms with Gasteiger partial charge in [0.05, 0.1) is 0 Å². The number of fused-ring (bicyclic) bond motifs is 1. The van der Waals surface area contributed by atoms with Gasteiger partial charge in [-0.15, -0.1) is 12.4 Å². The number of halogens is 2. The summed E-state index contributed by atoms with van der Waals surface area (Å²) in [4.78, 5) is 13.6. The molecule has 0 fully saturated rings. The van der Waals surface area contributed by atoms with E-state index in [4.69, 9.17) is 20.8 Å². The maximum Gasteiger partial charge on any atom is 0.336 e. The number of nitrogens with zero attached hydrogens (tertiary/aromatic N) is 1. The van der Waals surface area contributed by atoms with Gasteiger partial charge >= 0.3 is 5.63 Å². The Morgan fingerprint density at radius 1 is 0.871 bits per heavy atom. The van der Waals surface area contributed by atoms with Crippen LogP contribution in [0.4, 0.5) is 0 Å². The predicted octanol–water partition coefficient (Wildman–Crippen LogP) is 6.08. The maximum atomic E-state index is 11.4. The van der Waals surface area contributed by atoms with Crippen molar-refractivity contribution in [3.05, 3.63) is 111 Å². The van der Waals surface area contributed by atoms with Gasteiger partial charge in [0.1, 0.15) is 17.9 Å². The molecule has 4 nitrogen and oxygen atoms in total. The van der Waals surface area contributed by atoms with E-state index in [0.717, 1.165) is 29.1 Å². The summed E-state index contributed by atoms with van der Waals surface area (Å²) in [7, 11) is 2.09. The minimum atomic E-state index is -0.365. The van der Waals surface area contributed by atoms with Crippen molar-refractivity contribution in [3.8, 4) is 5.75 Å². The third kappa shape index (κ3) is 6.34. The molecule has 31 heavy (non-hydrogen) atoms. The Bertz CT molecular complexity index is 1210. The van der Waals surface area contributed by atoms with E-state index in [1.54, 1.807) is 12.1 Å². The number of hydrogen-bond donors (Lipinski definition) is 0. The molecule has 0 saturated carbocycles. The lowest BCUT2D eigenvalue weighted by Gasteiger charge is -2.17. The molecule has 6 heteroatoms. The van der Waals surface area contributed by atoms with E-state index in [1.165, 1.54) is 17.2 Å². The van der Waals surface area contributed by atoms with Crippen LogP contribution < -0.4 is 10.4 Å². The van der Waals surface area contributed by atoms with Gasteiger partial charge in [0.2, 0.25) is 0 Å². The monoisotopic (exact) mass is 455 g/mol. The summed E-state index contributed by atoms with van der Waals surface area (Å²) in [6.45, 7) is 2.13. The van der Waals surface area contributed by atoms with Crippen molar-refractivity contribution in [3.63, 3.8) is 0 Å². The number of ether oxygens (including phenoxy) is 1. The van der Waals surface area contributed by atoms with Crippen molar-refractivity contribution in [2.45, 2.75) is 19.7 Å². The first-order chi connectivity index (χ1) is 14.5. The van der Waals surface area contributed by atoms with Gasteiger partial charge in [0, 0.05) is 35.6 Å². The highest BCUT2D eigenvalue weighted by atomic mass is 35.5. The van der Waals surface area contributed by atoms with Crippen molar-refractivity contribution >= 4 is 35.0 Å². The molecule has 4 aromatic rings. The molecule has 0 radical (unpaired) electrons. The fourth-order valence-corrected chi connectivity index (χ4v) is 3.57. The van der Waals surface area contributed by atoms with Crippen LogP contribution in [0.3, 0.4) is 0 Å². The first kappa shape index (κ1) is 22.9. The summed E-state index contributed by atoms with van der Waals surface area (Å²) >= 11 is 6.07. The standard InChI is InChI=1S/C25H22ClNO3.ClH/c1-27(16-20-3-2-4-22(26)13-20)15-18-5-7-19(8-6-18)17-29-23-11-9-21-10-12-25(28)30-24(21)14-23;/h2-14H,15-17H2,1H3;1H. The van der Waals surface area contributed by atoms with Gasteiger partial charge in [-0.05, 0) is 54.1 Å². The van der Waals surface area contributed by atoms with Gasteiger partial charge in [0.15, 0.2) is 0 Å². The quantitative estimate of drug-likeness (QED) is 0.316. The Hall–Kier alpha value is -2.79. The van der Waals surface area contributed by atoms with E-state index in [1.807, 2.05) is 30.3 Å². The molecule has 160 valence electrons. The molecule has 1 aromatic heterocycles. The first-order valence-electron chi connectivity index (χ1n) is 9.73. The van der Waals surface area contributed by atoms with Crippen LogP contribution in [0.1, 0.15) is 16.7 Å². The zero-order chi connectivity index (χ0) is 20.9. The van der Waals surface area contributed by atoms with Crippen LogP contribution in [0.2, 0.25) is 5.02 Å². The average Bonchev–Trinajstić information content (AvgIpc) is 2.73. The normalized spacial score (nSPS) is 10.8. The van der Waals surface area contributed by atoms with Crippen LogP contribution >= 0.6 is 24.0 Å². The molecule has 0 spiro atoms. The van der Waals surface area contributed by atoms with Crippen LogP contribution in [-0.2, 0) is 19.7 Å². The topological polar surface area (TPSA) is 42.7 Å².